The number of benzene rings is 1. The Morgan fingerprint density at radius 3 is 2.81 bits per heavy atom. The van der Waals surface area contributed by atoms with Crippen LogP contribution in [0.1, 0.15) is 44.2 Å². The molecule has 0 bridgehead atoms. The van der Waals surface area contributed by atoms with E-state index in [1.54, 1.807) is 12.1 Å². The van der Waals surface area contributed by atoms with Crippen LogP contribution in [-0.2, 0) is 0 Å². The van der Waals surface area contributed by atoms with Gasteiger partial charge in [0.1, 0.15) is 0 Å². The molecule has 1 N–H and O–H groups in total. The summed E-state index contributed by atoms with van der Waals surface area (Å²) in [6, 6.07) is 4.43. The molecule has 2 unspecified atom stereocenters. The molecule has 0 radical (unpaired) electrons. The van der Waals surface area contributed by atoms with Crippen LogP contribution >= 0.6 is 0 Å². The monoisotopic (exact) mass is 294 g/mol. The number of likely N-dealkylation sites (tertiary alicyclic amines) is 1. The molecule has 1 spiro atoms. The molecule has 0 amide bonds. The maximum absolute atomic E-state index is 14.0. The first-order valence-corrected chi connectivity index (χ1v) is 8.00. The quantitative estimate of drug-likeness (QED) is 0.898. The number of piperidine rings is 2. The highest BCUT2D eigenvalue weighted by Crippen LogP contribution is 2.39. The molecule has 116 valence electrons. The van der Waals surface area contributed by atoms with E-state index in [1.807, 2.05) is 6.92 Å². The molecule has 2 atom stereocenters. The Kier molecular flexibility index (Phi) is 4.27. The molecule has 2 saturated heterocycles. The maximum Gasteiger partial charge on any atom is 0.163 e. The topological polar surface area (TPSA) is 15.3 Å². The first-order chi connectivity index (χ1) is 10.1. The standard InChI is InChI=1S/C17H24F2N2/c1-13(14-5-2-6-15(18)16(14)19)21-10-4-8-17(12-21)7-3-9-20-11-17/h2,5-6,13,20H,3-4,7-12H2,1H3. The number of nitrogens with one attached hydrogen (secondary N) is 1. The van der Waals surface area contributed by atoms with Crippen molar-refractivity contribution in [1.29, 1.82) is 0 Å². The SMILES string of the molecule is CC(c1cccc(F)c1F)N1CCCC2(CCCNC2)C1. The van der Waals surface area contributed by atoms with Gasteiger partial charge in [0.25, 0.3) is 0 Å². The Balaban J connectivity index is 1.78. The highest BCUT2D eigenvalue weighted by Gasteiger charge is 2.38. The van der Waals surface area contributed by atoms with Gasteiger partial charge < -0.3 is 5.32 Å². The average Bonchev–Trinajstić information content (AvgIpc) is 2.50. The van der Waals surface area contributed by atoms with Crippen molar-refractivity contribution < 1.29 is 8.78 Å². The molecular weight excluding hydrogens is 270 g/mol. The summed E-state index contributed by atoms with van der Waals surface area (Å²) in [7, 11) is 0. The average molecular weight is 294 g/mol. The summed E-state index contributed by atoms with van der Waals surface area (Å²) in [5.41, 5.74) is 0.810. The van der Waals surface area contributed by atoms with Gasteiger partial charge in [-0.25, -0.2) is 8.78 Å². The van der Waals surface area contributed by atoms with Crippen molar-refractivity contribution in [2.45, 2.75) is 38.6 Å². The molecule has 4 heteroatoms. The lowest BCUT2D eigenvalue weighted by molar-refractivity contribution is 0.0405. The molecule has 3 rings (SSSR count). The van der Waals surface area contributed by atoms with Gasteiger partial charge in [0.2, 0.25) is 0 Å². The van der Waals surface area contributed by atoms with Crippen LogP contribution in [0.3, 0.4) is 0 Å². The van der Waals surface area contributed by atoms with Crippen molar-refractivity contribution in [3.8, 4) is 0 Å². The molecule has 2 nitrogen and oxygen atoms in total. The van der Waals surface area contributed by atoms with Gasteiger partial charge in [0, 0.05) is 24.7 Å². The van der Waals surface area contributed by atoms with E-state index in [9.17, 15) is 8.78 Å². The number of rotatable bonds is 2. The van der Waals surface area contributed by atoms with Crippen LogP contribution in [0.5, 0.6) is 0 Å². The molecule has 0 aliphatic carbocycles. The summed E-state index contributed by atoms with van der Waals surface area (Å²) >= 11 is 0. The molecular formula is C17H24F2N2. The highest BCUT2D eigenvalue weighted by molar-refractivity contribution is 5.22. The smallest absolute Gasteiger partial charge is 0.163 e. The third kappa shape index (κ3) is 2.97. The van der Waals surface area contributed by atoms with Crippen molar-refractivity contribution in [3.05, 3.63) is 35.4 Å². The zero-order valence-electron chi connectivity index (χ0n) is 12.7. The lowest BCUT2D eigenvalue weighted by Gasteiger charge is -2.47. The third-order valence-corrected chi connectivity index (χ3v) is 5.23. The van der Waals surface area contributed by atoms with Crippen molar-refractivity contribution in [2.75, 3.05) is 26.2 Å². The van der Waals surface area contributed by atoms with E-state index in [4.69, 9.17) is 0 Å². The van der Waals surface area contributed by atoms with Crippen molar-refractivity contribution in [2.24, 2.45) is 5.41 Å². The molecule has 2 fully saturated rings. The first-order valence-electron chi connectivity index (χ1n) is 8.00. The van der Waals surface area contributed by atoms with Crippen molar-refractivity contribution in [1.82, 2.24) is 10.2 Å². The molecule has 0 aromatic heterocycles. The van der Waals surface area contributed by atoms with Gasteiger partial charge in [-0.2, -0.15) is 0 Å². The number of hydrogen-bond acceptors (Lipinski definition) is 2. The Labute approximate surface area is 125 Å². The first kappa shape index (κ1) is 14.9. The van der Waals surface area contributed by atoms with Gasteiger partial charge in [-0.1, -0.05) is 12.1 Å². The molecule has 0 saturated carbocycles. The van der Waals surface area contributed by atoms with Gasteiger partial charge >= 0.3 is 0 Å². The predicted octanol–water partition coefficient (Wildman–Crippen LogP) is 3.49. The molecule has 1 aromatic carbocycles. The van der Waals surface area contributed by atoms with E-state index < -0.39 is 11.6 Å². The molecule has 2 aliphatic rings. The third-order valence-electron chi connectivity index (χ3n) is 5.23. The van der Waals surface area contributed by atoms with E-state index in [-0.39, 0.29) is 6.04 Å². The zero-order valence-corrected chi connectivity index (χ0v) is 12.7. The van der Waals surface area contributed by atoms with Crippen LogP contribution in [0.25, 0.3) is 0 Å². The number of halogens is 2. The molecule has 2 aliphatic heterocycles. The summed E-state index contributed by atoms with van der Waals surface area (Å²) in [5.74, 6) is -1.43. The van der Waals surface area contributed by atoms with Crippen molar-refractivity contribution in [3.63, 3.8) is 0 Å². The van der Waals surface area contributed by atoms with E-state index in [0.29, 0.717) is 11.0 Å². The summed E-state index contributed by atoms with van der Waals surface area (Å²) in [4.78, 5) is 2.33. The second-order valence-corrected chi connectivity index (χ2v) is 6.67. The molecule has 1 aromatic rings. The summed E-state index contributed by atoms with van der Waals surface area (Å²) in [6.07, 6.45) is 4.85. The van der Waals surface area contributed by atoms with Crippen LogP contribution < -0.4 is 5.32 Å². The maximum atomic E-state index is 14.0. The fourth-order valence-electron chi connectivity index (χ4n) is 4.00. The van der Waals surface area contributed by atoms with Gasteiger partial charge in [0.05, 0.1) is 0 Å². The fourth-order valence-corrected chi connectivity index (χ4v) is 4.00. The second kappa shape index (κ2) is 6.01. The Morgan fingerprint density at radius 2 is 2.05 bits per heavy atom. The lowest BCUT2D eigenvalue weighted by atomic mass is 9.74. The van der Waals surface area contributed by atoms with Crippen LogP contribution in [0.4, 0.5) is 8.78 Å². The number of nitrogens with zero attached hydrogens (tertiary/aromatic N) is 1. The highest BCUT2D eigenvalue weighted by atomic mass is 19.2. The Hall–Kier alpha value is -1.00. The van der Waals surface area contributed by atoms with Crippen molar-refractivity contribution >= 4 is 0 Å². The van der Waals surface area contributed by atoms with E-state index in [0.717, 1.165) is 32.6 Å². The summed E-state index contributed by atoms with van der Waals surface area (Å²) in [6.45, 7) is 6.11. The minimum absolute atomic E-state index is 0.0696. The molecule has 21 heavy (non-hydrogen) atoms. The van der Waals surface area contributed by atoms with Gasteiger partial charge in [-0.15, -0.1) is 0 Å². The van der Waals surface area contributed by atoms with Crippen LogP contribution in [0, 0.1) is 17.0 Å². The normalized spacial score (nSPS) is 28.7. The Bertz CT molecular complexity index is 492. The van der Waals surface area contributed by atoms with Crippen LogP contribution in [0.15, 0.2) is 18.2 Å². The predicted molar refractivity (Wildman–Crippen MR) is 80.1 cm³/mol. The van der Waals surface area contributed by atoms with Crippen LogP contribution in [-0.4, -0.2) is 31.1 Å². The summed E-state index contributed by atoms with van der Waals surface area (Å²) in [5, 5.41) is 3.50. The fraction of sp³-hybridized carbons (Fsp3) is 0.647. The number of hydrogen-bond donors (Lipinski definition) is 1. The van der Waals surface area contributed by atoms with E-state index in [1.165, 1.54) is 25.3 Å². The summed E-state index contributed by atoms with van der Waals surface area (Å²) < 4.78 is 27.5. The zero-order chi connectivity index (χ0) is 14.9. The Morgan fingerprint density at radius 1 is 1.24 bits per heavy atom. The minimum atomic E-state index is -0.745. The van der Waals surface area contributed by atoms with Gasteiger partial charge in [-0.05, 0) is 57.2 Å². The lowest BCUT2D eigenvalue weighted by Crippen LogP contribution is -2.51. The van der Waals surface area contributed by atoms with Gasteiger partial charge in [-0.3, -0.25) is 4.90 Å². The van der Waals surface area contributed by atoms with Gasteiger partial charge in [0.15, 0.2) is 11.6 Å². The van der Waals surface area contributed by atoms with E-state index >= 15 is 0 Å². The molecule has 2 heterocycles. The largest absolute Gasteiger partial charge is 0.316 e. The second-order valence-electron chi connectivity index (χ2n) is 6.67. The minimum Gasteiger partial charge on any atom is -0.316 e. The van der Waals surface area contributed by atoms with Crippen LogP contribution in [0.2, 0.25) is 0 Å². The van der Waals surface area contributed by atoms with E-state index in [2.05, 4.69) is 10.2 Å².